The van der Waals surface area contributed by atoms with E-state index in [1.165, 1.54) is 0 Å². The first-order valence-corrected chi connectivity index (χ1v) is 10.3. The number of carbonyl (C=O) groups is 1. The van der Waals surface area contributed by atoms with Crippen molar-refractivity contribution in [1.82, 2.24) is 0 Å². The molecule has 1 atom stereocenters. The predicted octanol–water partition coefficient (Wildman–Crippen LogP) is 5.21. The van der Waals surface area contributed by atoms with Gasteiger partial charge in [-0.25, -0.2) is 0 Å². The Morgan fingerprint density at radius 1 is 0.581 bits per heavy atom. The molecule has 1 amide bonds. The number of nitrogens with two attached hydrogens (primary N) is 1. The first-order valence-electron chi connectivity index (χ1n) is 10.3. The summed E-state index contributed by atoms with van der Waals surface area (Å²) in [5.74, 6) is -0.746. The maximum absolute atomic E-state index is 12.8. The molecule has 0 radical (unpaired) electrons. The Labute approximate surface area is 182 Å². The Kier molecular flexibility index (Phi) is 6.34. The highest BCUT2D eigenvalue weighted by Crippen LogP contribution is 2.31. The first kappa shape index (κ1) is 20.3. The lowest BCUT2D eigenvalue weighted by Gasteiger charge is -2.24. The van der Waals surface area contributed by atoms with E-state index >= 15 is 0 Å². The summed E-state index contributed by atoms with van der Waals surface area (Å²) < 4.78 is 0. The maximum atomic E-state index is 12.8. The summed E-state index contributed by atoms with van der Waals surface area (Å²) in [6.45, 7) is 0. The van der Waals surface area contributed by atoms with Crippen LogP contribution in [0.25, 0.3) is 0 Å². The molecule has 31 heavy (non-hydrogen) atoms. The number of rotatable bonds is 7. The van der Waals surface area contributed by atoms with Gasteiger partial charge in [-0.1, -0.05) is 121 Å². The monoisotopic (exact) mass is 404 g/mol. The second kappa shape index (κ2) is 9.68. The fraction of sp³-hybridized carbons (Fsp3) is 0.0714. The van der Waals surface area contributed by atoms with Crippen LogP contribution in [0, 0.1) is 0 Å². The number of hydrogen-bond donors (Lipinski definition) is 1. The molecule has 0 spiro atoms. The number of carbonyl (C=O) groups excluding carboxylic acids is 1. The van der Waals surface area contributed by atoms with Gasteiger partial charge in [0.2, 0.25) is 5.91 Å². The molecule has 0 aliphatic carbocycles. The normalized spacial score (nSPS) is 11.6. The van der Waals surface area contributed by atoms with Crippen molar-refractivity contribution in [2.24, 2.45) is 10.7 Å². The summed E-state index contributed by atoms with van der Waals surface area (Å²) in [6.07, 6.45) is 0. The summed E-state index contributed by atoms with van der Waals surface area (Å²) in [4.78, 5) is 17.8. The van der Waals surface area contributed by atoms with Crippen molar-refractivity contribution >= 4 is 11.6 Å². The van der Waals surface area contributed by atoms with E-state index in [4.69, 9.17) is 10.7 Å². The van der Waals surface area contributed by atoms with E-state index in [1.807, 2.05) is 121 Å². The summed E-state index contributed by atoms with van der Waals surface area (Å²) in [7, 11) is 0. The molecule has 152 valence electrons. The largest absolute Gasteiger partial charge is 0.368 e. The van der Waals surface area contributed by atoms with Gasteiger partial charge in [-0.15, -0.1) is 0 Å². The highest BCUT2D eigenvalue weighted by Gasteiger charge is 2.30. The van der Waals surface area contributed by atoms with Crippen molar-refractivity contribution in [2.45, 2.75) is 12.0 Å². The van der Waals surface area contributed by atoms with Crippen LogP contribution < -0.4 is 5.73 Å². The quantitative estimate of drug-likeness (QED) is 0.422. The minimum absolute atomic E-state index is 0.290. The van der Waals surface area contributed by atoms with Crippen molar-refractivity contribution in [1.29, 1.82) is 0 Å². The van der Waals surface area contributed by atoms with E-state index in [0.717, 1.165) is 28.0 Å². The number of nitrogens with zero attached hydrogens (tertiary/aromatic N) is 1. The van der Waals surface area contributed by atoms with Gasteiger partial charge in [-0.3, -0.25) is 9.79 Å². The zero-order valence-electron chi connectivity index (χ0n) is 17.1. The average molecular weight is 405 g/mol. The number of hydrogen-bond acceptors (Lipinski definition) is 2. The van der Waals surface area contributed by atoms with Gasteiger partial charge in [0.1, 0.15) is 6.04 Å². The molecule has 0 aliphatic rings. The van der Waals surface area contributed by atoms with Gasteiger partial charge in [0.25, 0.3) is 0 Å². The second-order valence-electron chi connectivity index (χ2n) is 7.36. The zero-order chi connectivity index (χ0) is 21.5. The Hall–Kier alpha value is -3.98. The number of benzene rings is 4. The Bertz CT molecular complexity index is 1060. The smallest absolute Gasteiger partial charge is 0.243 e. The Morgan fingerprint density at radius 2 is 0.935 bits per heavy atom. The number of amides is 1. The third-order valence-electron chi connectivity index (χ3n) is 5.29. The minimum Gasteiger partial charge on any atom is -0.368 e. The van der Waals surface area contributed by atoms with E-state index < -0.39 is 11.9 Å². The fourth-order valence-electron chi connectivity index (χ4n) is 3.83. The van der Waals surface area contributed by atoms with Crippen LogP contribution >= 0.6 is 0 Å². The molecule has 4 rings (SSSR count). The molecule has 0 aliphatic heterocycles. The van der Waals surface area contributed by atoms with Gasteiger partial charge in [-0.05, 0) is 11.1 Å². The topological polar surface area (TPSA) is 55.5 Å². The van der Waals surface area contributed by atoms with Gasteiger partial charge < -0.3 is 5.73 Å². The van der Waals surface area contributed by atoms with Crippen LogP contribution in [0.4, 0.5) is 0 Å². The van der Waals surface area contributed by atoms with Crippen molar-refractivity contribution < 1.29 is 4.79 Å². The van der Waals surface area contributed by atoms with Crippen LogP contribution in [-0.4, -0.2) is 17.7 Å². The van der Waals surface area contributed by atoms with Crippen LogP contribution in [0.2, 0.25) is 0 Å². The van der Waals surface area contributed by atoms with E-state index in [-0.39, 0.29) is 5.92 Å². The summed E-state index contributed by atoms with van der Waals surface area (Å²) in [5.41, 5.74) is 10.6. The van der Waals surface area contributed by atoms with Gasteiger partial charge in [-0.2, -0.15) is 0 Å². The van der Waals surface area contributed by atoms with Crippen LogP contribution in [0.3, 0.4) is 0 Å². The lowest BCUT2D eigenvalue weighted by molar-refractivity contribution is -0.119. The van der Waals surface area contributed by atoms with Crippen LogP contribution in [0.1, 0.15) is 28.2 Å². The van der Waals surface area contributed by atoms with E-state index in [2.05, 4.69) is 0 Å². The van der Waals surface area contributed by atoms with E-state index in [0.29, 0.717) is 0 Å². The van der Waals surface area contributed by atoms with Crippen molar-refractivity contribution in [3.63, 3.8) is 0 Å². The maximum Gasteiger partial charge on any atom is 0.243 e. The molecule has 0 saturated carbocycles. The molecule has 0 bridgehead atoms. The predicted molar refractivity (Wildman–Crippen MR) is 126 cm³/mol. The van der Waals surface area contributed by atoms with Crippen LogP contribution in [0.15, 0.2) is 126 Å². The van der Waals surface area contributed by atoms with Crippen LogP contribution in [0.5, 0.6) is 0 Å². The van der Waals surface area contributed by atoms with Crippen LogP contribution in [-0.2, 0) is 4.79 Å². The molecule has 1 unspecified atom stereocenters. The SMILES string of the molecule is NC(=O)C(N=C(c1ccccc1)c1ccccc1)C(c1ccccc1)c1ccccc1. The third kappa shape index (κ3) is 4.78. The summed E-state index contributed by atoms with van der Waals surface area (Å²) in [5, 5.41) is 0. The van der Waals surface area contributed by atoms with Crippen molar-refractivity contribution in [2.75, 3.05) is 0 Å². The minimum atomic E-state index is -0.764. The zero-order valence-corrected chi connectivity index (χ0v) is 17.1. The molecule has 2 N–H and O–H groups in total. The fourth-order valence-corrected chi connectivity index (χ4v) is 3.83. The first-order chi connectivity index (χ1) is 15.2. The molecule has 0 fully saturated rings. The van der Waals surface area contributed by atoms with Crippen molar-refractivity contribution in [3.8, 4) is 0 Å². The standard InChI is InChI=1S/C28H24N2O/c29-28(31)27(25(21-13-5-1-6-14-21)22-15-7-2-8-16-22)30-26(23-17-9-3-10-18-23)24-19-11-4-12-20-24/h1-20,25,27H,(H2,29,31). The summed E-state index contributed by atoms with van der Waals surface area (Å²) in [6, 6.07) is 39.0. The molecule has 0 aromatic heterocycles. The molecule has 3 heteroatoms. The highest BCUT2D eigenvalue weighted by molar-refractivity contribution is 6.13. The molecule has 3 nitrogen and oxygen atoms in total. The molecule has 0 saturated heterocycles. The third-order valence-corrected chi connectivity index (χ3v) is 5.29. The molecule has 0 heterocycles. The second-order valence-corrected chi connectivity index (χ2v) is 7.36. The Morgan fingerprint density at radius 3 is 1.29 bits per heavy atom. The molecule has 4 aromatic rings. The lowest BCUT2D eigenvalue weighted by Crippen LogP contribution is -2.34. The Balaban J connectivity index is 1.90. The van der Waals surface area contributed by atoms with Gasteiger partial charge in [0.15, 0.2) is 0 Å². The molecular weight excluding hydrogens is 380 g/mol. The molecular formula is C28H24N2O. The van der Waals surface area contributed by atoms with Gasteiger partial charge in [0, 0.05) is 17.0 Å². The van der Waals surface area contributed by atoms with E-state index in [9.17, 15) is 4.79 Å². The summed E-state index contributed by atoms with van der Waals surface area (Å²) >= 11 is 0. The highest BCUT2D eigenvalue weighted by atomic mass is 16.1. The average Bonchev–Trinajstić information content (AvgIpc) is 2.84. The van der Waals surface area contributed by atoms with Crippen molar-refractivity contribution in [3.05, 3.63) is 144 Å². The lowest BCUT2D eigenvalue weighted by atomic mass is 9.84. The number of primary amides is 1. The molecule has 4 aromatic carbocycles. The van der Waals surface area contributed by atoms with Gasteiger partial charge in [0.05, 0.1) is 5.71 Å². The van der Waals surface area contributed by atoms with Gasteiger partial charge >= 0.3 is 0 Å². The van der Waals surface area contributed by atoms with E-state index in [1.54, 1.807) is 0 Å². The number of aliphatic imine (C=N–C) groups is 1.